The van der Waals surface area contributed by atoms with E-state index in [9.17, 15) is 5.11 Å². The minimum atomic E-state index is -0.540. The molecule has 0 fully saturated rings. The third-order valence-corrected chi connectivity index (χ3v) is 3.45. The van der Waals surface area contributed by atoms with Crippen LogP contribution < -0.4 is 4.74 Å². The molecule has 0 radical (unpaired) electrons. The van der Waals surface area contributed by atoms with Gasteiger partial charge >= 0.3 is 0 Å². The number of aliphatic hydroxyl groups is 1. The van der Waals surface area contributed by atoms with Crippen LogP contribution in [0.2, 0.25) is 0 Å². The van der Waals surface area contributed by atoms with E-state index in [0.29, 0.717) is 5.75 Å². The molecule has 2 heteroatoms. The molecule has 0 amide bonds. The minimum absolute atomic E-state index is 0.540. The first-order valence-electron chi connectivity index (χ1n) is 6.52. The van der Waals surface area contributed by atoms with Gasteiger partial charge in [0, 0.05) is 5.56 Å². The largest absolute Gasteiger partial charge is 0.456 e. The molecule has 2 nitrogen and oxygen atoms in total. The summed E-state index contributed by atoms with van der Waals surface area (Å²) in [6.45, 7) is 7.91. The lowest BCUT2D eigenvalue weighted by atomic mass is 10.0. The molecule has 100 valence electrons. The molecule has 0 saturated carbocycles. The standard InChI is InChI=1S/C17H20O2/c1-11-9-10-12(2)17(13(11)3)19-16-8-6-5-7-15(16)14(4)18/h5-10,14,18H,1-4H3/t14-/m0/s1. The van der Waals surface area contributed by atoms with Crippen molar-refractivity contribution < 1.29 is 9.84 Å². The Bertz CT molecular complexity index is 586. The smallest absolute Gasteiger partial charge is 0.133 e. The molecular formula is C17H20O2. The molecule has 0 bridgehead atoms. The van der Waals surface area contributed by atoms with E-state index in [1.807, 2.05) is 31.2 Å². The van der Waals surface area contributed by atoms with Crippen LogP contribution in [0.4, 0.5) is 0 Å². The highest BCUT2D eigenvalue weighted by molar-refractivity contribution is 5.48. The van der Waals surface area contributed by atoms with Crippen molar-refractivity contribution in [2.24, 2.45) is 0 Å². The highest BCUT2D eigenvalue weighted by Gasteiger charge is 2.12. The molecule has 0 spiro atoms. The summed E-state index contributed by atoms with van der Waals surface area (Å²) in [7, 11) is 0. The maximum Gasteiger partial charge on any atom is 0.133 e. The van der Waals surface area contributed by atoms with Crippen LogP contribution in [-0.4, -0.2) is 5.11 Å². The predicted molar refractivity (Wildman–Crippen MR) is 77.8 cm³/mol. The summed E-state index contributed by atoms with van der Waals surface area (Å²) in [5.41, 5.74) is 4.25. The Labute approximate surface area is 114 Å². The van der Waals surface area contributed by atoms with Crippen molar-refractivity contribution in [3.63, 3.8) is 0 Å². The fourth-order valence-corrected chi connectivity index (χ4v) is 2.11. The summed E-state index contributed by atoms with van der Waals surface area (Å²) in [5.74, 6) is 1.60. The topological polar surface area (TPSA) is 29.5 Å². The van der Waals surface area contributed by atoms with Crippen molar-refractivity contribution >= 4 is 0 Å². The number of aliphatic hydroxyl groups excluding tert-OH is 1. The number of benzene rings is 2. The van der Waals surface area contributed by atoms with E-state index in [-0.39, 0.29) is 0 Å². The number of ether oxygens (including phenoxy) is 1. The molecule has 0 saturated heterocycles. The Morgan fingerprint density at radius 3 is 2.26 bits per heavy atom. The Balaban J connectivity index is 2.45. The lowest BCUT2D eigenvalue weighted by Gasteiger charge is -2.17. The third-order valence-electron chi connectivity index (χ3n) is 3.45. The monoisotopic (exact) mass is 256 g/mol. The Morgan fingerprint density at radius 2 is 1.58 bits per heavy atom. The van der Waals surface area contributed by atoms with E-state index in [0.717, 1.165) is 22.4 Å². The van der Waals surface area contributed by atoms with E-state index in [1.54, 1.807) is 6.92 Å². The maximum absolute atomic E-state index is 9.80. The molecular weight excluding hydrogens is 236 g/mol. The molecule has 1 N–H and O–H groups in total. The van der Waals surface area contributed by atoms with E-state index in [4.69, 9.17) is 4.74 Å². The average molecular weight is 256 g/mol. The van der Waals surface area contributed by atoms with Gasteiger partial charge in [0.1, 0.15) is 11.5 Å². The summed E-state index contributed by atoms with van der Waals surface area (Å²) in [5, 5.41) is 9.80. The summed E-state index contributed by atoms with van der Waals surface area (Å²) in [6, 6.07) is 11.8. The van der Waals surface area contributed by atoms with E-state index in [2.05, 4.69) is 26.0 Å². The first-order valence-corrected chi connectivity index (χ1v) is 6.52. The van der Waals surface area contributed by atoms with Gasteiger partial charge in [-0.15, -0.1) is 0 Å². The van der Waals surface area contributed by atoms with Crippen molar-refractivity contribution in [1.29, 1.82) is 0 Å². The van der Waals surface area contributed by atoms with Gasteiger partial charge in [-0.05, 0) is 50.5 Å². The highest BCUT2D eigenvalue weighted by Crippen LogP contribution is 2.34. The zero-order valence-electron chi connectivity index (χ0n) is 11.9. The van der Waals surface area contributed by atoms with E-state index >= 15 is 0 Å². The summed E-state index contributed by atoms with van der Waals surface area (Å²) in [4.78, 5) is 0. The number of rotatable bonds is 3. The van der Waals surface area contributed by atoms with Crippen LogP contribution >= 0.6 is 0 Å². The summed E-state index contributed by atoms with van der Waals surface area (Å²) >= 11 is 0. The van der Waals surface area contributed by atoms with Gasteiger partial charge in [0.25, 0.3) is 0 Å². The van der Waals surface area contributed by atoms with Crippen LogP contribution in [0.3, 0.4) is 0 Å². The van der Waals surface area contributed by atoms with Gasteiger partial charge in [-0.3, -0.25) is 0 Å². The van der Waals surface area contributed by atoms with Crippen molar-refractivity contribution in [1.82, 2.24) is 0 Å². The second-order valence-corrected chi connectivity index (χ2v) is 4.97. The number of para-hydroxylation sites is 1. The van der Waals surface area contributed by atoms with Crippen LogP contribution in [-0.2, 0) is 0 Å². The average Bonchev–Trinajstić information content (AvgIpc) is 2.39. The van der Waals surface area contributed by atoms with Gasteiger partial charge in [-0.25, -0.2) is 0 Å². The van der Waals surface area contributed by atoms with Crippen LogP contribution in [0.1, 0.15) is 35.3 Å². The molecule has 0 aliphatic carbocycles. The molecule has 0 aliphatic rings. The van der Waals surface area contributed by atoms with Crippen molar-refractivity contribution in [3.05, 3.63) is 58.7 Å². The van der Waals surface area contributed by atoms with Gasteiger partial charge in [0.15, 0.2) is 0 Å². The van der Waals surface area contributed by atoms with Gasteiger partial charge in [-0.2, -0.15) is 0 Å². The SMILES string of the molecule is Cc1ccc(C)c(Oc2ccccc2[C@H](C)O)c1C. The van der Waals surface area contributed by atoms with Gasteiger partial charge < -0.3 is 9.84 Å². The Hall–Kier alpha value is -1.80. The normalized spacial score (nSPS) is 12.3. The lowest BCUT2D eigenvalue weighted by Crippen LogP contribution is -1.98. The molecule has 2 rings (SSSR count). The van der Waals surface area contributed by atoms with Gasteiger partial charge in [0.2, 0.25) is 0 Å². The van der Waals surface area contributed by atoms with E-state index in [1.165, 1.54) is 5.56 Å². The molecule has 2 aromatic carbocycles. The zero-order chi connectivity index (χ0) is 14.0. The number of aryl methyl sites for hydroxylation is 2. The first-order chi connectivity index (χ1) is 9.00. The van der Waals surface area contributed by atoms with Crippen molar-refractivity contribution in [3.8, 4) is 11.5 Å². The zero-order valence-corrected chi connectivity index (χ0v) is 11.9. The summed E-state index contributed by atoms with van der Waals surface area (Å²) < 4.78 is 6.05. The molecule has 2 aromatic rings. The van der Waals surface area contributed by atoms with Gasteiger partial charge in [-0.1, -0.05) is 30.3 Å². The van der Waals surface area contributed by atoms with E-state index < -0.39 is 6.10 Å². The van der Waals surface area contributed by atoms with Crippen molar-refractivity contribution in [2.45, 2.75) is 33.8 Å². The minimum Gasteiger partial charge on any atom is -0.456 e. The Morgan fingerprint density at radius 1 is 0.947 bits per heavy atom. The quantitative estimate of drug-likeness (QED) is 0.878. The second kappa shape index (κ2) is 5.45. The number of hydrogen-bond donors (Lipinski definition) is 1. The van der Waals surface area contributed by atoms with Crippen LogP contribution in [0, 0.1) is 20.8 Å². The van der Waals surface area contributed by atoms with Crippen LogP contribution in [0.15, 0.2) is 36.4 Å². The fraction of sp³-hybridized carbons (Fsp3) is 0.294. The fourth-order valence-electron chi connectivity index (χ4n) is 2.11. The first kappa shape index (κ1) is 13.6. The molecule has 0 unspecified atom stereocenters. The summed E-state index contributed by atoms with van der Waals surface area (Å²) in [6.07, 6.45) is -0.540. The third kappa shape index (κ3) is 2.79. The van der Waals surface area contributed by atoms with Crippen molar-refractivity contribution in [2.75, 3.05) is 0 Å². The molecule has 0 aromatic heterocycles. The molecule has 0 heterocycles. The highest BCUT2D eigenvalue weighted by atomic mass is 16.5. The Kier molecular flexibility index (Phi) is 3.91. The van der Waals surface area contributed by atoms with Crippen LogP contribution in [0.25, 0.3) is 0 Å². The molecule has 1 atom stereocenters. The molecule has 0 aliphatic heterocycles. The van der Waals surface area contributed by atoms with Crippen LogP contribution in [0.5, 0.6) is 11.5 Å². The predicted octanol–water partition coefficient (Wildman–Crippen LogP) is 4.46. The number of hydrogen-bond acceptors (Lipinski definition) is 2. The second-order valence-electron chi connectivity index (χ2n) is 4.97. The molecule has 19 heavy (non-hydrogen) atoms. The maximum atomic E-state index is 9.80. The lowest BCUT2D eigenvalue weighted by molar-refractivity contribution is 0.195. The van der Waals surface area contributed by atoms with Gasteiger partial charge in [0.05, 0.1) is 6.10 Å².